The molecule has 33 heavy (non-hydrogen) atoms. The van der Waals surface area contributed by atoms with Gasteiger partial charge in [0.25, 0.3) is 11.8 Å². The van der Waals surface area contributed by atoms with Crippen LogP contribution in [0.3, 0.4) is 0 Å². The molecule has 3 aromatic rings. The Balaban J connectivity index is 1.53. The van der Waals surface area contributed by atoms with Crippen LogP contribution in [0.25, 0.3) is 6.08 Å². The Morgan fingerprint density at radius 3 is 2.42 bits per heavy atom. The molecule has 1 aliphatic heterocycles. The van der Waals surface area contributed by atoms with Gasteiger partial charge < -0.3 is 14.8 Å². The van der Waals surface area contributed by atoms with Crippen LogP contribution in [0.5, 0.6) is 11.5 Å². The quantitative estimate of drug-likeness (QED) is 0.331. The lowest BCUT2D eigenvalue weighted by Gasteiger charge is -2.09. The van der Waals surface area contributed by atoms with Crippen molar-refractivity contribution >= 4 is 24.1 Å². The highest BCUT2D eigenvalue weighted by molar-refractivity contribution is 6.05. The molecular formula is C26H23N3O4. The van der Waals surface area contributed by atoms with Gasteiger partial charge in [0.1, 0.15) is 5.70 Å². The molecule has 4 rings (SSSR count). The van der Waals surface area contributed by atoms with Gasteiger partial charge in [-0.15, -0.1) is 0 Å². The van der Waals surface area contributed by atoms with Crippen molar-refractivity contribution in [1.82, 2.24) is 10.7 Å². The molecule has 1 heterocycles. The number of carbonyl (C=O) groups excluding carboxylic acids is 2. The lowest BCUT2D eigenvalue weighted by Crippen LogP contribution is -2.32. The second kappa shape index (κ2) is 10.3. The maximum absolute atomic E-state index is 12.9. The van der Waals surface area contributed by atoms with Crippen LogP contribution in [-0.2, 0) is 11.2 Å². The van der Waals surface area contributed by atoms with E-state index in [1.807, 2.05) is 30.3 Å². The number of ether oxygens (including phenoxy) is 2. The Bertz CT molecular complexity index is 1200. The van der Waals surface area contributed by atoms with Crippen molar-refractivity contribution in [3.8, 4) is 11.5 Å². The van der Waals surface area contributed by atoms with Gasteiger partial charge in [0.15, 0.2) is 11.5 Å². The van der Waals surface area contributed by atoms with Crippen molar-refractivity contribution in [3.05, 3.63) is 101 Å². The number of benzene rings is 3. The van der Waals surface area contributed by atoms with E-state index in [0.29, 0.717) is 22.6 Å². The summed E-state index contributed by atoms with van der Waals surface area (Å²) in [5.41, 5.74) is 5.68. The minimum atomic E-state index is -0.557. The van der Waals surface area contributed by atoms with Gasteiger partial charge in [0.05, 0.1) is 6.21 Å². The zero-order valence-corrected chi connectivity index (χ0v) is 18.1. The number of rotatable bonds is 7. The lowest BCUT2D eigenvalue weighted by molar-refractivity contribution is -0.117. The number of nitrogens with one attached hydrogen (secondary N) is 2. The number of fused-ring (bicyclic) bond motifs is 1. The van der Waals surface area contributed by atoms with E-state index in [4.69, 9.17) is 9.47 Å². The highest BCUT2D eigenvalue weighted by Gasteiger charge is 2.16. The summed E-state index contributed by atoms with van der Waals surface area (Å²) in [6.07, 6.45) is 4.06. The van der Waals surface area contributed by atoms with Crippen LogP contribution in [-0.4, -0.2) is 24.8 Å². The van der Waals surface area contributed by atoms with Gasteiger partial charge in [0, 0.05) is 5.56 Å². The fourth-order valence-electron chi connectivity index (χ4n) is 3.18. The van der Waals surface area contributed by atoms with E-state index < -0.39 is 11.8 Å². The topological polar surface area (TPSA) is 89.0 Å². The zero-order valence-electron chi connectivity index (χ0n) is 18.1. The van der Waals surface area contributed by atoms with Crippen LogP contribution in [0.15, 0.2) is 83.6 Å². The predicted octanol–water partition coefficient (Wildman–Crippen LogP) is 3.90. The molecule has 2 amide bonds. The van der Waals surface area contributed by atoms with E-state index in [0.717, 1.165) is 12.0 Å². The number of hydrazone groups is 1. The highest BCUT2D eigenvalue weighted by atomic mass is 16.7. The molecule has 1 aliphatic rings. The molecule has 0 spiro atoms. The molecule has 166 valence electrons. The van der Waals surface area contributed by atoms with Gasteiger partial charge in [-0.2, -0.15) is 5.10 Å². The molecule has 0 saturated heterocycles. The van der Waals surface area contributed by atoms with Gasteiger partial charge in [0.2, 0.25) is 6.79 Å². The molecule has 0 aromatic heterocycles. The fraction of sp³-hybridized carbons (Fsp3) is 0.115. The fourth-order valence-corrected chi connectivity index (χ4v) is 3.18. The summed E-state index contributed by atoms with van der Waals surface area (Å²) in [6.45, 7) is 2.23. The third-order valence-electron chi connectivity index (χ3n) is 5.00. The number of amides is 2. The van der Waals surface area contributed by atoms with Crippen LogP contribution < -0.4 is 20.2 Å². The third-order valence-corrected chi connectivity index (χ3v) is 5.00. The number of aryl methyl sites for hydroxylation is 1. The minimum Gasteiger partial charge on any atom is -0.454 e. The molecule has 7 heteroatoms. The van der Waals surface area contributed by atoms with E-state index in [2.05, 4.69) is 22.8 Å². The van der Waals surface area contributed by atoms with Crippen molar-refractivity contribution in [2.45, 2.75) is 13.3 Å². The first-order chi connectivity index (χ1) is 16.1. The van der Waals surface area contributed by atoms with Crippen molar-refractivity contribution in [1.29, 1.82) is 0 Å². The number of hydrogen-bond acceptors (Lipinski definition) is 5. The molecule has 0 unspecified atom stereocenters. The lowest BCUT2D eigenvalue weighted by atomic mass is 10.1. The molecule has 0 radical (unpaired) electrons. The molecule has 3 aromatic carbocycles. The molecule has 2 N–H and O–H groups in total. The SMILES string of the molecule is CCc1ccc(C=NNC(=O)C(=Cc2ccc3c(c2)OCO3)NC(=O)c2ccccc2)cc1. The maximum Gasteiger partial charge on any atom is 0.287 e. The van der Waals surface area contributed by atoms with Crippen molar-refractivity contribution in [3.63, 3.8) is 0 Å². The first kappa shape index (κ1) is 21.8. The van der Waals surface area contributed by atoms with E-state index >= 15 is 0 Å². The molecule has 7 nitrogen and oxygen atoms in total. The van der Waals surface area contributed by atoms with Crippen molar-refractivity contribution < 1.29 is 19.1 Å². The molecule has 0 saturated carbocycles. The average molecular weight is 441 g/mol. The van der Waals surface area contributed by atoms with E-state index in [-0.39, 0.29) is 12.5 Å². The van der Waals surface area contributed by atoms with Gasteiger partial charge in [-0.25, -0.2) is 5.43 Å². The van der Waals surface area contributed by atoms with Crippen LogP contribution in [0.2, 0.25) is 0 Å². The normalized spacial score (nSPS) is 12.6. The largest absolute Gasteiger partial charge is 0.454 e. The first-order valence-electron chi connectivity index (χ1n) is 10.5. The Labute approximate surface area is 191 Å². The molecule has 0 bridgehead atoms. The highest BCUT2D eigenvalue weighted by Crippen LogP contribution is 2.33. The number of carbonyl (C=O) groups is 2. The van der Waals surface area contributed by atoms with Gasteiger partial charge in [-0.3, -0.25) is 9.59 Å². The van der Waals surface area contributed by atoms with Crippen molar-refractivity contribution in [2.24, 2.45) is 5.10 Å². The van der Waals surface area contributed by atoms with E-state index in [9.17, 15) is 9.59 Å². The number of hydrogen-bond donors (Lipinski definition) is 2. The third kappa shape index (κ3) is 5.65. The predicted molar refractivity (Wildman–Crippen MR) is 126 cm³/mol. The molecule has 0 fully saturated rings. The van der Waals surface area contributed by atoms with E-state index in [1.165, 1.54) is 5.56 Å². The summed E-state index contributed by atoms with van der Waals surface area (Å²) in [5, 5.41) is 6.71. The maximum atomic E-state index is 12.9. The summed E-state index contributed by atoms with van der Waals surface area (Å²) in [7, 11) is 0. The summed E-state index contributed by atoms with van der Waals surface area (Å²) in [5.74, 6) is 0.242. The van der Waals surface area contributed by atoms with E-state index in [1.54, 1.807) is 54.8 Å². The Morgan fingerprint density at radius 1 is 0.939 bits per heavy atom. The van der Waals surface area contributed by atoms with Crippen LogP contribution in [0.1, 0.15) is 34.0 Å². The van der Waals surface area contributed by atoms with Gasteiger partial charge >= 0.3 is 0 Å². The summed E-state index contributed by atoms with van der Waals surface area (Å²) in [4.78, 5) is 25.6. The summed E-state index contributed by atoms with van der Waals surface area (Å²) in [6, 6.07) is 21.8. The minimum absolute atomic E-state index is 0.0428. The second-order valence-electron chi connectivity index (χ2n) is 7.29. The van der Waals surface area contributed by atoms with Crippen molar-refractivity contribution in [2.75, 3.05) is 6.79 Å². The summed E-state index contributed by atoms with van der Waals surface area (Å²) < 4.78 is 10.7. The standard InChI is InChI=1S/C26H23N3O4/c1-2-18-8-10-19(11-9-18)16-27-29-26(31)22(28-25(30)21-6-4-3-5-7-21)14-20-12-13-23-24(15-20)33-17-32-23/h3-16H,2,17H2,1H3,(H,28,30)(H,29,31). The van der Waals surface area contributed by atoms with Crippen LogP contribution >= 0.6 is 0 Å². The Hall–Kier alpha value is -4.39. The summed E-state index contributed by atoms with van der Waals surface area (Å²) >= 11 is 0. The molecular weight excluding hydrogens is 418 g/mol. The second-order valence-corrected chi connectivity index (χ2v) is 7.29. The monoisotopic (exact) mass is 441 g/mol. The van der Waals surface area contributed by atoms with Crippen LogP contribution in [0, 0.1) is 0 Å². The smallest absolute Gasteiger partial charge is 0.287 e. The molecule has 0 atom stereocenters. The first-order valence-corrected chi connectivity index (χ1v) is 10.5. The van der Waals surface area contributed by atoms with Crippen LogP contribution in [0.4, 0.5) is 0 Å². The Kier molecular flexibility index (Phi) is 6.80. The van der Waals surface area contributed by atoms with Gasteiger partial charge in [-0.05, 0) is 53.5 Å². The van der Waals surface area contributed by atoms with Gasteiger partial charge in [-0.1, -0.05) is 55.5 Å². The number of nitrogens with zero attached hydrogens (tertiary/aromatic N) is 1. The molecule has 0 aliphatic carbocycles. The zero-order chi connectivity index (χ0) is 23.0. The average Bonchev–Trinajstić information content (AvgIpc) is 3.32. The Morgan fingerprint density at radius 2 is 1.67 bits per heavy atom.